The number of sulfonamides is 1. The lowest BCUT2D eigenvalue weighted by molar-refractivity contribution is -0.125. The molecule has 4 N–H and O–H groups in total. The number of aromatic hydroxyl groups is 1. The van der Waals surface area contributed by atoms with Crippen molar-refractivity contribution < 1.29 is 27.9 Å². The van der Waals surface area contributed by atoms with Crippen LogP contribution >= 0.6 is 0 Å². The van der Waals surface area contributed by atoms with Gasteiger partial charge in [0, 0.05) is 11.6 Å². The molecule has 30 heavy (non-hydrogen) atoms. The molecule has 3 rings (SSSR count). The molecule has 0 heterocycles. The molecule has 2 atom stereocenters. The van der Waals surface area contributed by atoms with Gasteiger partial charge in [-0.15, -0.1) is 0 Å². The minimum atomic E-state index is -3.97. The summed E-state index contributed by atoms with van der Waals surface area (Å²) in [5, 5.41) is 14.9. The van der Waals surface area contributed by atoms with Crippen molar-refractivity contribution >= 4 is 33.2 Å². The van der Waals surface area contributed by atoms with Crippen molar-refractivity contribution in [3.05, 3.63) is 42.5 Å². The number of rotatable bonds is 8. The first kappa shape index (κ1) is 21.4. The quantitative estimate of drug-likeness (QED) is 0.470. The summed E-state index contributed by atoms with van der Waals surface area (Å²) in [6, 6.07) is 9.83. The first-order valence-corrected chi connectivity index (χ1v) is 10.8. The first-order valence-electron chi connectivity index (χ1n) is 9.27. The Hall–Kier alpha value is -3.27. The molecule has 2 aromatic rings. The van der Waals surface area contributed by atoms with E-state index in [2.05, 4.69) is 15.4 Å². The number of carbonyl (C=O) groups is 2. The second kappa shape index (κ2) is 8.62. The average Bonchev–Trinajstić information content (AvgIpc) is 3.44. The van der Waals surface area contributed by atoms with Crippen molar-refractivity contribution in [1.82, 2.24) is 5.32 Å². The van der Waals surface area contributed by atoms with Gasteiger partial charge in [-0.3, -0.25) is 14.3 Å². The molecule has 2 aromatic carbocycles. The molecule has 1 aliphatic carbocycles. The maximum absolute atomic E-state index is 12.6. The molecule has 0 aliphatic heterocycles. The molecule has 0 aromatic heterocycles. The van der Waals surface area contributed by atoms with Gasteiger partial charge >= 0.3 is 0 Å². The van der Waals surface area contributed by atoms with Gasteiger partial charge in [0.05, 0.1) is 24.2 Å². The molecular formula is C20H23N3O6S. The van der Waals surface area contributed by atoms with E-state index in [9.17, 15) is 23.1 Å². The molecule has 1 fully saturated rings. The molecule has 9 nitrogen and oxygen atoms in total. The normalized spacial score (nSPS) is 17.7. The molecule has 160 valence electrons. The van der Waals surface area contributed by atoms with Gasteiger partial charge in [-0.2, -0.15) is 0 Å². The summed E-state index contributed by atoms with van der Waals surface area (Å²) >= 11 is 0. The Bertz CT molecular complexity index is 1050. The minimum absolute atomic E-state index is 0.0660. The van der Waals surface area contributed by atoms with Gasteiger partial charge in [-0.1, -0.05) is 6.92 Å². The summed E-state index contributed by atoms with van der Waals surface area (Å²) in [5.41, 5.74) is 0.248. The highest BCUT2D eigenvalue weighted by molar-refractivity contribution is 7.92. The van der Waals surface area contributed by atoms with Crippen LogP contribution in [0.3, 0.4) is 0 Å². The Balaban J connectivity index is 1.67. The average molecular weight is 433 g/mol. The summed E-state index contributed by atoms with van der Waals surface area (Å²) in [7, 11) is -2.46. The molecule has 0 bridgehead atoms. The third kappa shape index (κ3) is 5.20. The smallest absolute Gasteiger partial charge is 0.261 e. The van der Waals surface area contributed by atoms with E-state index in [1.54, 1.807) is 24.3 Å². The van der Waals surface area contributed by atoms with Crippen molar-refractivity contribution in [2.45, 2.75) is 18.2 Å². The number of hydrogen-bond acceptors (Lipinski definition) is 6. The highest BCUT2D eigenvalue weighted by Crippen LogP contribution is 2.37. The van der Waals surface area contributed by atoms with Gasteiger partial charge in [-0.05, 0) is 54.8 Å². The van der Waals surface area contributed by atoms with Crippen molar-refractivity contribution in [2.75, 3.05) is 23.7 Å². The van der Waals surface area contributed by atoms with E-state index < -0.39 is 15.9 Å². The van der Waals surface area contributed by atoms with Gasteiger partial charge < -0.3 is 20.5 Å². The third-order valence-corrected chi connectivity index (χ3v) is 6.14. The van der Waals surface area contributed by atoms with Gasteiger partial charge in [-0.25, -0.2) is 8.42 Å². The van der Waals surface area contributed by atoms with Crippen LogP contribution < -0.4 is 20.1 Å². The van der Waals surface area contributed by atoms with Crippen molar-refractivity contribution in [3.63, 3.8) is 0 Å². The van der Waals surface area contributed by atoms with E-state index in [0.29, 0.717) is 17.4 Å². The Labute approximate surface area is 174 Å². The van der Waals surface area contributed by atoms with Crippen LogP contribution in [0.5, 0.6) is 11.5 Å². The van der Waals surface area contributed by atoms with Crippen LogP contribution in [0.25, 0.3) is 0 Å². The minimum Gasteiger partial charge on any atom is -0.506 e. The number of phenolic OH excluding ortho intramolecular Hbond substituents is 1. The number of benzene rings is 2. The van der Waals surface area contributed by atoms with Gasteiger partial charge in [0.2, 0.25) is 11.8 Å². The zero-order chi connectivity index (χ0) is 21.9. The molecule has 2 amide bonds. The Morgan fingerprint density at radius 1 is 1.17 bits per heavy atom. The van der Waals surface area contributed by atoms with Crippen LogP contribution in [0.15, 0.2) is 47.4 Å². The highest BCUT2D eigenvalue weighted by atomic mass is 32.2. The fourth-order valence-corrected chi connectivity index (χ4v) is 3.92. The fraction of sp³-hybridized carbons (Fsp3) is 0.300. The van der Waals surface area contributed by atoms with E-state index in [1.807, 2.05) is 6.92 Å². The van der Waals surface area contributed by atoms with Gasteiger partial charge in [0.15, 0.2) is 0 Å². The second-order valence-electron chi connectivity index (χ2n) is 7.10. The highest BCUT2D eigenvalue weighted by Gasteiger charge is 2.39. The van der Waals surface area contributed by atoms with E-state index in [-0.39, 0.29) is 34.7 Å². The molecule has 10 heteroatoms. The predicted molar refractivity (Wildman–Crippen MR) is 111 cm³/mol. The zero-order valence-corrected chi connectivity index (χ0v) is 17.3. The Morgan fingerprint density at radius 3 is 2.43 bits per heavy atom. The first-order chi connectivity index (χ1) is 14.2. The number of carbonyl (C=O) groups excluding carboxylic acids is 2. The molecule has 0 spiro atoms. The van der Waals surface area contributed by atoms with Crippen LogP contribution in [0.1, 0.15) is 13.3 Å². The van der Waals surface area contributed by atoms with E-state index >= 15 is 0 Å². The summed E-state index contributed by atoms with van der Waals surface area (Å²) in [6.07, 6.45) is 0.801. The number of amides is 2. The molecule has 1 saturated carbocycles. The summed E-state index contributed by atoms with van der Waals surface area (Å²) < 4.78 is 32.7. The second-order valence-corrected chi connectivity index (χ2v) is 8.78. The van der Waals surface area contributed by atoms with Crippen molar-refractivity contribution in [1.29, 1.82) is 0 Å². The van der Waals surface area contributed by atoms with E-state index in [0.717, 1.165) is 12.5 Å². The third-order valence-electron chi connectivity index (χ3n) is 4.76. The zero-order valence-electron chi connectivity index (χ0n) is 16.5. The molecule has 0 unspecified atom stereocenters. The predicted octanol–water partition coefficient (Wildman–Crippen LogP) is 1.91. The lowest BCUT2D eigenvalue weighted by Gasteiger charge is -2.12. The number of anilines is 2. The van der Waals surface area contributed by atoms with Crippen LogP contribution in [0.4, 0.5) is 11.4 Å². The number of nitrogens with one attached hydrogen (secondary N) is 3. The van der Waals surface area contributed by atoms with Crippen molar-refractivity contribution in [3.8, 4) is 11.5 Å². The molecule has 1 aliphatic rings. The van der Waals surface area contributed by atoms with Crippen LogP contribution in [0.2, 0.25) is 0 Å². The molecule has 0 radical (unpaired) electrons. The monoisotopic (exact) mass is 433 g/mol. The van der Waals surface area contributed by atoms with Gasteiger partial charge in [0.1, 0.15) is 11.5 Å². The Morgan fingerprint density at radius 2 is 1.83 bits per heavy atom. The van der Waals surface area contributed by atoms with E-state index in [4.69, 9.17) is 4.74 Å². The fourth-order valence-electron chi connectivity index (χ4n) is 2.84. The maximum atomic E-state index is 12.6. The van der Waals surface area contributed by atoms with E-state index in [1.165, 1.54) is 19.2 Å². The number of hydrogen-bond donors (Lipinski definition) is 4. The van der Waals surface area contributed by atoms with Crippen LogP contribution in [0, 0.1) is 11.8 Å². The lowest BCUT2D eigenvalue weighted by Crippen LogP contribution is -2.34. The standard InChI is InChI=1S/C20H23N3O6S/c1-12-9-16(12)20(26)21-11-19(25)22-17-10-15(7-8-18(17)24)30(27,28)23-13-3-5-14(29-2)6-4-13/h3-8,10,12,16,23-24H,9,11H2,1-2H3,(H,21,26)(H,22,25)/t12-,16+/m1/s1. The largest absolute Gasteiger partial charge is 0.506 e. The topological polar surface area (TPSA) is 134 Å². The lowest BCUT2D eigenvalue weighted by atomic mass is 10.3. The summed E-state index contributed by atoms with van der Waals surface area (Å²) in [4.78, 5) is 23.7. The summed E-state index contributed by atoms with van der Waals surface area (Å²) in [5.74, 6) is -0.239. The SMILES string of the molecule is COc1ccc(NS(=O)(=O)c2ccc(O)c(NC(=O)CNC(=O)[C@H]3C[C@H]3C)c2)cc1. The number of methoxy groups -OCH3 is 1. The molecule has 0 saturated heterocycles. The number of phenols is 1. The van der Waals surface area contributed by atoms with Crippen molar-refractivity contribution in [2.24, 2.45) is 11.8 Å². The number of ether oxygens (including phenoxy) is 1. The molecular weight excluding hydrogens is 410 g/mol. The summed E-state index contributed by atoms with van der Waals surface area (Å²) in [6.45, 7) is 1.68. The van der Waals surface area contributed by atoms with Crippen LogP contribution in [-0.4, -0.2) is 39.0 Å². The van der Waals surface area contributed by atoms with Crippen LogP contribution in [-0.2, 0) is 19.6 Å². The maximum Gasteiger partial charge on any atom is 0.261 e. The Kier molecular flexibility index (Phi) is 6.16. The van der Waals surface area contributed by atoms with Gasteiger partial charge in [0.25, 0.3) is 10.0 Å².